The third-order valence-electron chi connectivity index (χ3n) is 4.25. The molecule has 1 atom stereocenters. The standard InChI is InChI=1S/C16H20N2O3S2/c1-12-15(19)18(13-8-4-2-5-9-13)16(22-12)17-23(20,21)14-10-6-3-7-11-14/h3,6-7,10-13H,2,4-5,8-9H2,1H3/t12-/m1/s1. The molecule has 0 bridgehead atoms. The zero-order valence-electron chi connectivity index (χ0n) is 13.0. The summed E-state index contributed by atoms with van der Waals surface area (Å²) < 4.78 is 29.0. The molecule has 23 heavy (non-hydrogen) atoms. The molecule has 2 aliphatic rings. The van der Waals surface area contributed by atoms with E-state index < -0.39 is 10.0 Å². The van der Waals surface area contributed by atoms with Gasteiger partial charge in [-0.1, -0.05) is 49.2 Å². The van der Waals surface area contributed by atoms with Gasteiger partial charge in [-0.2, -0.15) is 8.42 Å². The molecule has 124 valence electrons. The summed E-state index contributed by atoms with van der Waals surface area (Å²) in [5, 5.41) is 0.0555. The maximum atomic E-state index is 12.5. The van der Waals surface area contributed by atoms with Crippen molar-refractivity contribution in [1.82, 2.24) is 4.90 Å². The first-order valence-electron chi connectivity index (χ1n) is 7.89. The largest absolute Gasteiger partial charge is 0.287 e. The van der Waals surface area contributed by atoms with Gasteiger partial charge in [0.25, 0.3) is 10.0 Å². The van der Waals surface area contributed by atoms with Gasteiger partial charge in [0.05, 0.1) is 10.1 Å². The van der Waals surface area contributed by atoms with Crippen molar-refractivity contribution in [3.8, 4) is 0 Å². The molecule has 0 unspecified atom stereocenters. The van der Waals surface area contributed by atoms with Crippen LogP contribution in [0.3, 0.4) is 0 Å². The Morgan fingerprint density at radius 1 is 1.13 bits per heavy atom. The first-order valence-corrected chi connectivity index (χ1v) is 10.2. The van der Waals surface area contributed by atoms with E-state index in [4.69, 9.17) is 0 Å². The van der Waals surface area contributed by atoms with Crippen molar-refractivity contribution in [3.05, 3.63) is 30.3 Å². The lowest BCUT2D eigenvalue weighted by Crippen LogP contribution is -2.42. The predicted octanol–water partition coefficient (Wildman–Crippen LogP) is 3.03. The molecule has 0 spiro atoms. The normalized spacial score (nSPS) is 25.3. The molecule has 1 aliphatic heterocycles. The average molecular weight is 352 g/mol. The van der Waals surface area contributed by atoms with Gasteiger partial charge in [0, 0.05) is 6.04 Å². The van der Waals surface area contributed by atoms with Crippen LogP contribution in [-0.4, -0.2) is 35.7 Å². The first-order chi connectivity index (χ1) is 11.0. The molecular weight excluding hydrogens is 332 g/mol. The van der Waals surface area contributed by atoms with Gasteiger partial charge in [-0.3, -0.25) is 9.69 Å². The van der Waals surface area contributed by atoms with Gasteiger partial charge in [-0.15, -0.1) is 4.40 Å². The van der Waals surface area contributed by atoms with Gasteiger partial charge >= 0.3 is 0 Å². The number of amides is 1. The third-order valence-corrected chi connectivity index (χ3v) is 6.70. The van der Waals surface area contributed by atoms with E-state index in [0.29, 0.717) is 5.17 Å². The highest BCUT2D eigenvalue weighted by Gasteiger charge is 2.40. The van der Waals surface area contributed by atoms with Crippen molar-refractivity contribution in [2.45, 2.75) is 55.2 Å². The van der Waals surface area contributed by atoms with Gasteiger partial charge in [-0.05, 0) is 31.9 Å². The number of amidine groups is 1. The second kappa shape index (κ2) is 6.65. The van der Waals surface area contributed by atoms with Crippen LogP contribution in [-0.2, 0) is 14.8 Å². The van der Waals surface area contributed by atoms with Crippen LogP contribution in [0.25, 0.3) is 0 Å². The zero-order chi connectivity index (χ0) is 16.4. The number of rotatable bonds is 3. The van der Waals surface area contributed by atoms with Crippen LogP contribution in [0.2, 0.25) is 0 Å². The summed E-state index contributed by atoms with van der Waals surface area (Å²) in [6.07, 6.45) is 5.17. The lowest BCUT2D eigenvalue weighted by atomic mass is 9.94. The van der Waals surface area contributed by atoms with Crippen LogP contribution in [0.5, 0.6) is 0 Å². The Kier molecular flexibility index (Phi) is 4.77. The van der Waals surface area contributed by atoms with E-state index in [1.165, 1.54) is 30.3 Å². The fraction of sp³-hybridized carbons (Fsp3) is 0.500. The molecule has 1 heterocycles. The smallest absolute Gasteiger partial charge is 0.284 e. The molecule has 0 N–H and O–H groups in total. The number of hydrogen-bond donors (Lipinski definition) is 0. The van der Waals surface area contributed by atoms with E-state index in [2.05, 4.69) is 4.40 Å². The second-order valence-corrected chi connectivity index (χ2v) is 8.83. The third kappa shape index (κ3) is 3.45. The number of thioether (sulfide) groups is 1. The van der Waals surface area contributed by atoms with Crippen LogP contribution in [0.1, 0.15) is 39.0 Å². The van der Waals surface area contributed by atoms with E-state index >= 15 is 0 Å². The van der Waals surface area contributed by atoms with E-state index in [9.17, 15) is 13.2 Å². The molecule has 0 aromatic heterocycles. The predicted molar refractivity (Wildman–Crippen MR) is 91.8 cm³/mol. The molecule has 0 radical (unpaired) electrons. The molecule has 5 nitrogen and oxygen atoms in total. The summed E-state index contributed by atoms with van der Waals surface area (Å²) in [4.78, 5) is 14.3. The Balaban J connectivity index is 1.94. The van der Waals surface area contributed by atoms with E-state index in [1.807, 2.05) is 0 Å². The Morgan fingerprint density at radius 2 is 1.78 bits per heavy atom. The van der Waals surface area contributed by atoms with Crippen molar-refractivity contribution in [2.75, 3.05) is 0 Å². The second-order valence-electron chi connectivity index (χ2n) is 5.92. The molecule has 1 aliphatic carbocycles. The molecule has 2 fully saturated rings. The van der Waals surface area contributed by atoms with Crippen molar-refractivity contribution < 1.29 is 13.2 Å². The Hall–Kier alpha value is -1.34. The first kappa shape index (κ1) is 16.5. The van der Waals surface area contributed by atoms with Gasteiger partial charge in [0.2, 0.25) is 5.91 Å². The summed E-state index contributed by atoms with van der Waals surface area (Å²) in [5.41, 5.74) is 0. The van der Waals surface area contributed by atoms with Crippen LogP contribution in [0.4, 0.5) is 0 Å². The van der Waals surface area contributed by atoms with Gasteiger partial charge in [0.1, 0.15) is 0 Å². The quantitative estimate of drug-likeness (QED) is 0.838. The maximum Gasteiger partial charge on any atom is 0.284 e. The topological polar surface area (TPSA) is 66.8 Å². The number of carbonyl (C=O) groups excluding carboxylic acids is 1. The molecule has 7 heteroatoms. The van der Waals surface area contributed by atoms with Crippen LogP contribution >= 0.6 is 11.8 Å². The SMILES string of the molecule is C[C@H]1SC(=NS(=O)(=O)c2ccccc2)N(C2CCCCC2)C1=O. The summed E-state index contributed by atoms with van der Waals surface area (Å²) in [6.45, 7) is 1.81. The molecule has 1 aromatic carbocycles. The summed E-state index contributed by atoms with van der Waals surface area (Å²) in [5.74, 6) is -0.0242. The summed E-state index contributed by atoms with van der Waals surface area (Å²) >= 11 is 1.24. The minimum absolute atomic E-state index is 0.0242. The number of nitrogens with zero attached hydrogens (tertiary/aromatic N) is 2. The van der Waals surface area contributed by atoms with Gasteiger partial charge in [-0.25, -0.2) is 0 Å². The molecule has 1 saturated heterocycles. The lowest BCUT2D eigenvalue weighted by Gasteiger charge is -2.30. The molecule has 1 aromatic rings. The average Bonchev–Trinajstić information content (AvgIpc) is 2.82. The van der Waals surface area contributed by atoms with Crippen molar-refractivity contribution in [3.63, 3.8) is 0 Å². The highest BCUT2D eigenvalue weighted by molar-refractivity contribution is 8.16. The fourth-order valence-corrected chi connectivity index (χ4v) is 5.29. The number of carbonyl (C=O) groups is 1. The zero-order valence-corrected chi connectivity index (χ0v) is 14.6. The molecule has 1 amide bonds. The van der Waals surface area contributed by atoms with E-state index in [0.717, 1.165) is 25.7 Å². The lowest BCUT2D eigenvalue weighted by molar-refractivity contribution is -0.127. The molecular formula is C16H20N2O3S2. The molecule has 3 rings (SSSR count). The summed E-state index contributed by atoms with van der Waals surface area (Å²) in [6, 6.07) is 8.22. The minimum atomic E-state index is -3.79. The highest BCUT2D eigenvalue weighted by Crippen LogP contribution is 2.34. The van der Waals surface area contributed by atoms with E-state index in [1.54, 1.807) is 30.0 Å². The van der Waals surface area contributed by atoms with Crippen molar-refractivity contribution in [2.24, 2.45) is 4.40 Å². The van der Waals surface area contributed by atoms with Crippen molar-refractivity contribution in [1.29, 1.82) is 0 Å². The highest BCUT2D eigenvalue weighted by atomic mass is 32.2. The number of sulfonamides is 1. The van der Waals surface area contributed by atoms with Gasteiger partial charge < -0.3 is 0 Å². The van der Waals surface area contributed by atoms with Crippen molar-refractivity contribution >= 4 is 32.9 Å². The number of hydrogen-bond acceptors (Lipinski definition) is 4. The fourth-order valence-electron chi connectivity index (χ4n) is 3.04. The monoisotopic (exact) mass is 352 g/mol. The minimum Gasteiger partial charge on any atom is -0.287 e. The van der Waals surface area contributed by atoms with Gasteiger partial charge in [0.15, 0.2) is 5.17 Å². The van der Waals surface area contributed by atoms with E-state index in [-0.39, 0.29) is 22.1 Å². The number of benzene rings is 1. The van der Waals surface area contributed by atoms with Crippen LogP contribution in [0.15, 0.2) is 39.6 Å². The van der Waals surface area contributed by atoms with Crippen LogP contribution in [0, 0.1) is 0 Å². The Labute approximate surface area is 141 Å². The molecule has 1 saturated carbocycles. The maximum absolute atomic E-state index is 12.5. The summed E-state index contributed by atoms with van der Waals surface area (Å²) in [7, 11) is -3.79. The Morgan fingerprint density at radius 3 is 2.43 bits per heavy atom. The Bertz CT molecular complexity index is 710. The van der Waals surface area contributed by atoms with Crippen LogP contribution < -0.4 is 0 Å².